The van der Waals surface area contributed by atoms with Gasteiger partial charge in [0, 0.05) is 48.3 Å². The number of halogens is 1. The lowest BCUT2D eigenvalue weighted by Gasteiger charge is -2.28. The summed E-state index contributed by atoms with van der Waals surface area (Å²) in [4.78, 5) is 39.3. The number of carbonyl (C=O) groups is 3. The number of barbiturate groups is 1. The maximum absolute atomic E-state index is 12.7. The molecular weight excluding hydrogens is 438 g/mol. The molecule has 1 aliphatic rings. The van der Waals surface area contributed by atoms with Gasteiger partial charge in [-0.15, -0.1) is 0 Å². The number of amides is 4. The molecule has 3 aromatic carbocycles. The molecule has 1 aliphatic heterocycles. The Labute approximate surface area is 195 Å². The highest BCUT2D eigenvalue weighted by Crippen LogP contribution is 2.29. The number of hydrogen-bond donors (Lipinski definition) is 0. The Morgan fingerprint density at radius 1 is 0.848 bits per heavy atom. The first-order chi connectivity index (χ1) is 15.8. The zero-order valence-electron chi connectivity index (χ0n) is 18.1. The number of aromatic nitrogens is 1. The van der Waals surface area contributed by atoms with E-state index in [0.717, 1.165) is 31.7 Å². The van der Waals surface area contributed by atoms with E-state index in [1.807, 2.05) is 36.5 Å². The predicted octanol–water partition coefficient (Wildman–Crippen LogP) is 4.93. The van der Waals surface area contributed by atoms with Crippen molar-refractivity contribution in [1.82, 2.24) is 14.4 Å². The van der Waals surface area contributed by atoms with Crippen LogP contribution in [-0.2, 0) is 16.1 Å². The zero-order valence-corrected chi connectivity index (χ0v) is 18.8. The maximum Gasteiger partial charge on any atom is 0.333 e. The van der Waals surface area contributed by atoms with Gasteiger partial charge in [0.15, 0.2) is 0 Å². The highest BCUT2D eigenvalue weighted by molar-refractivity contribution is 6.32. The number of rotatable bonds is 3. The van der Waals surface area contributed by atoms with E-state index in [1.54, 1.807) is 6.08 Å². The molecule has 0 spiro atoms. The molecule has 164 valence electrons. The van der Waals surface area contributed by atoms with Crippen molar-refractivity contribution in [3.05, 3.63) is 88.6 Å². The van der Waals surface area contributed by atoms with Crippen LogP contribution in [0.5, 0.6) is 0 Å². The Hall–Kier alpha value is -3.90. The molecule has 5 rings (SSSR count). The first-order valence-corrected chi connectivity index (χ1v) is 10.8. The molecule has 1 saturated heterocycles. The molecule has 1 fully saturated rings. The summed E-state index contributed by atoms with van der Waals surface area (Å²) in [6, 6.07) is 19.4. The second-order valence-electron chi connectivity index (χ2n) is 8.12. The maximum atomic E-state index is 12.7. The number of likely N-dealkylation sites (N-methyl/N-ethyl adjacent to an activating group) is 2. The predicted molar refractivity (Wildman–Crippen MR) is 129 cm³/mol. The van der Waals surface area contributed by atoms with Gasteiger partial charge in [-0.05, 0) is 46.7 Å². The number of fused-ring (bicyclic) bond motifs is 2. The molecule has 2 heterocycles. The highest BCUT2D eigenvalue weighted by Gasteiger charge is 2.37. The van der Waals surface area contributed by atoms with Crippen LogP contribution in [0.2, 0.25) is 5.02 Å². The van der Waals surface area contributed by atoms with Gasteiger partial charge >= 0.3 is 6.03 Å². The molecule has 1 aromatic heterocycles. The Morgan fingerprint density at radius 3 is 2.27 bits per heavy atom. The monoisotopic (exact) mass is 457 g/mol. The van der Waals surface area contributed by atoms with Crippen LogP contribution in [0.25, 0.3) is 27.8 Å². The molecule has 4 amide bonds. The fourth-order valence-corrected chi connectivity index (χ4v) is 4.38. The highest BCUT2D eigenvalue weighted by atomic mass is 35.5. The van der Waals surface area contributed by atoms with Gasteiger partial charge in [0.05, 0.1) is 0 Å². The molecule has 0 N–H and O–H groups in total. The van der Waals surface area contributed by atoms with Crippen molar-refractivity contribution in [2.75, 3.05) is 14.1 Å². The average molecular weight is 458 g/mol. The van der Waals surface area contributed by atoms with Crippen molar-refractivity contribution >= 4 is 57.2 Å². The van der Waals surface area contributed by atoms with Gasteiger partial charge in [0.25, 0.3) is 11.8 Å². The number of hydrogen-bond acceptors (Lipinski definition) is 3. The molecule has 0 radical (unpaired) electrons. The third kappa shape index (κ3) is 3.58. The van der Waals surface area contributed by atoms with Crippen molar-refractivity contribution in [3.63, 3.8) is 0 Å². The van der Waals surface area contributed by atoms with E-state index >= 15 is 0 Å². The lowest BCUT2D eigenvalue weighted by Crippen LogP contribution is -2.52. The lowest BCUT2D eigenvalue weighted by atomic mass is 10.1. The summed E-state index contributed by atoms with van der Waals surface area (Å²) in [5.41, 5.74) is 2.66. The minimum Gasteiger partial charge on any atom is -0.342 e. The number of urea groups is 1. The SMILES string of the molecule is CN1C(=O)C(=Cc2cn(Cc3ccc4ccccc4c3)c3ccc(Cl)cc23)C(=O)N(C)C1=O. The largest absolute Gasteiger partial charge is 0.342 e. The summed E-state index contributed by atoms with van der Waals surface area (Å²) >= 11 is 6.27. The van der Waals surface area contributed by atoms with Crippen LogP contribution in [0, 0.1) is 0 Å². The number of carbonyl (C=O) groups excluding carboxylic acids is 3. The minimum atomic E-state index is -0.649. The van der Waals surface area contributed by atoms with Gasteiger partial charge < -0.3 is 4.57 Å². The Kier molecular flexibility index (Phi) is 5.02. The van der Waals surface area contributed by atoms with E-state index in [-0.39, 0.29) is 5.57 Å². The van der Waals surface area contributed by atoms with Gasteiger partial charge in [0.2, 0.25) is 0 Å². The summed E-state index contributed by atoms with van der Waals surface area (Å²) in [5, 5.41) is 3.70. The number of imide groups is 2. The Bertz CT molecular complexity index is 1480. The zero-order chi connectivity index (χ0) is 23.3. The molecule has 0 aliphatic carbocycles. The quantitative estimate of drug-likeness (QED) is 0.323. The molecule has 7 heteroatoms. The Morgan fingerprint density at radius 2 is 1.55 bits per heavy atom. The normalized spacial score (nSPS) is 14.6. The van der Waals surface area contributed by atoms with Crippen molar-refractivity contribution in [1.29, 1.82) is 0 Å². The first kappa shape index (κ1) is 21.0. The van der Waals surface area contributed by atoms with E-state index in [0.29, 0.717) is 17.1 Å². The summed E-state index contributed by atoms with van der Waals surface area (Å²) in [6.07, 6.45) is 3.44. The van der Waals surface area contributed by atoms with Gasteiger partial charge in [-0.3, -0.25) is 19.4 Å². The molecule has 4 aromatic rings. The van der Waals surface area contributed by atoms with Crippen LogP contribution >= 0.6 is 11.6 Å². The molecule has 0 bridgehead atoms. The summed E-state index contributed by atoms with van der Waals surface area (Å²) in [7, 11) is 2.72. The van der Waals surface area contributed by atoms with E-state index < -0.39 is 17.8 Å². The molecule has 0 atom stereocenters. The van der Waals surface area contributed by atoms with Crippen molar-refractivity contribution < 1.29 is 14.4 Å². The van der Waals surface area contributed by atoms with Crippen molar-refractivity contribution in [3.8, 4) is 0 Å². The molecule has 0 unspecified atom stereocenters. The molecule has 6 nitrogen and oxygen atoms in total. The van der Waals surface area contributed by atoms with E-state index in [4.69, 9.17) is 11.6 Å². The van der Waals surface area contributed by atoms with Gasteiger partial charge in [-0.25, -0.2) is 4.79 Å². The molecule has 0 saturated carbocycles. The fourth-order valence-electron chi connectivity index (χ4n) is 4.21. The fraction of sp³-hybridized carbons (Fsp3) is 0.115. The standard InChI is InChI=1S/C26H20ClN3O3/c1-28-24(31)22(25(32)29(2)26(28)33)12-19-15-30(23-10-9-20(27)13-21(19)23)14-16-7-8-17-5-3-4-6-18(17)11-16/h3-13,15H,14H2,1-2H3. The topological polar surface area (TPSA) is 62.6 Å². The first-order valence-electron chi connectivity index (χ1n) is 10.4. The van der Waals surface area contributed by atoms with Crippen LogP contribution in [0.15, 0.2) is 72.4 Å². The van der Waals surface area contributed by atoms with Gasteiger partial charge in [-0.1, -0.05) is 48.0 Å². The second kappa shape index (κ2) is 7.90. The van der Waals surface area contributed by atoms with E-state index in [2.05, 4.69) is 34.9 Å². The number of nitrogens with zero attached hydrogens (tertiary/aromatic N) is 3. The van der Waals surface area contributed by atoms with Crippen LogP contribution < -0.4 is 0 Å². The number of benzene rings is 3. The third-order valence-electron chi connectivity index (χ3n) is 5.98. The third-order valence-corrected chi connectivity index (χ3v) is 6.22. The smallest absolute Gasteiger partial charge is 0.333 e. The van der Waals surface area contributed by atoms with Crippen LogP contribution in [-0.4, -0.2) is 46.3 Å². The average Bonchev–Trinajstić information content (AvgIpc) is 3.15. The van der Waals surface area contributed by atoms with Crippen LogP contribution in [0.3, 0.4) is 0 Å². The molecular formula is C26H20ClN3O3. The van der Waals surface area contributed by atoms with E-state index in [9.17, 15) is 14.4 Å². The lowest BCUT2D eigenvalue weighted by molar-refractivity contribution is -0.134. The Balaban J connectivity index is 1.61. The summed E-state index contributed by atoms with van der Waals surface area (Å²) in [6.45, 7) is 0.603. The minimum absolute atomic E-state index is 0.0654. The van der Waals surface area contributed by atoms with Gasteiger partial charge in [-0.2, -0.15) is 0 Å². The summed E-state index contributed by atoms with van der Waals surface area (Å²) in [5.74, 6) is -1.25. The van der Waals surface area contributed by atoms with Crippen LogP contribution in [0.4, 0.5) is 4.79 Å². The van der Waals surface area contributed by atoms with Crippen molar-refractivity contribution in [2.45, 2.75) is 6.54 Å². The molecule has 33 heavy (non-hydrogen) atoms. The summed E-state index contributed by atoms with van der Waals surface area (Å²) < 4.78 is 2.07. The van der Waals surface area contributed by atoms with Gasteiger partial charge in [0.1, 0.15) is 5.57 Å². The van der Waals surface area contributed by atoms with Crippen LogP contribution in [0.1, 0.15) is 11.1 Å². The van der Waals surface area contributed by atoms with Crippen molar-refractivity contribution in [2.24, 2.45) is 0 Å². The second-order valence-corrected chi connectivity index (χ2v) is 8.56. The van der Waals surface area contributed by atoms with E-state index in [1.165, 1.54) is 19.5 Å².